The molecule has 0 aliphatic rings. The number of rotatable bonds is 48. The first-order valence-corrected chi connectivity index (χ1v) is 26.3. The average molecular weight is 822 g/mol. The number of hydrogen-bond acceptors (Lipinski definition) is 5. The summed E-state index contributed by atoms with van der Waals surface area (Å²) in [5.41, 5.74) is 0. The van der Waals surface area contributed by atoms with Crippen molar-refractivity contribution in [3.8, 4) is 0 Å². The molecule has 0 rings (SSSR count). The zero-order valence-corrected chi connectivity index (χ0v) is 39.5. The lowest BCUT2D eigenvalue weighted by molar-refractivity contribution is -0.151. The SMILES string of the molecule is CCCCCCCCCCCCCCCCCCCC(=O)OC(CCCCCCCCCCCCCC)CC(=O)NC(CO)C(O)CCCCCCCCCCCC. The Morgan fingerprint density at radius 3 is 1.05 bits per heavy atom. The summed E-state index contributed by atoms with van der Waals surface area (Å²) in [6.07, 6.45) is 50.2. The summed E-state index contributed by atoms with van der Waals surface area (Å²) < 4.78 is 5.94. The van der Waals surface area contributed by atoms with E-state index in [9.17, 15) is 19.8 Å². The van der Waals surface area contributed by atoms with Crippen molar-refractivity contribution in [3.63, 3.8) is 0 Å². The standard InChI is InChI=1S/C52H103NO5/c1-4-7-10-13-16-19-22-24-25-26-27-28-30-33-36-39-42-45-52(57)58-48(43-40-37-34-31-29-23-20-17-14-11-8-5-2)46-51(56)53-49(47-54)50(55)44-41-38-35-32-21-18-15-12-9-6-3/h48-50,54-55H,4-47H2,1-3H3,(H,53,56). The molecule has 0 fully saturated rings. The number of esters is 1. The lowest BCUT2D eigenvalue weighted by Gasteiger charge is -2.24. The van der Waals surface area contributed by atoms with Crippen LogP contribution in [0.25, 0.3) is 0 Å². The van der Waals surface area contributed by atoms with E-state index in [2.05, 4.69) is 26.1 Å². The second kappa shape index (κ2) is 46.9. The summed E-state index contributed by atoms with van der Waals surface area (Å²) >= 11 is 0. The third-order valence-electron chi connectivity index (χ3n) is 12.4. The number of nitrogens with one attached hydrogen (secondary N) is 1. The van der Waals surface area contributed by atoms with Gasteiger partial charge in [-0.05, 0) is 25.7 Å². The normalized spacial score (nSPS) is 13.1. The van der Waals surface area contributed by atoms with Crippen LogP contribution in [0, 0.1) is 0 Å². The van der Waals surface area contributed by atoms with Crippen LogP contribution in [0.2, 0.25) is 0 Å². The van der Waals surface area contributed by atoms with E-state index in [0.29, 0.717) is 19.3 Å². The van der Waals surface area contributed by atoms with Crippen LogP contribution in [0.1, 0.15) is 297 Å². The molecular weight excluding hydrogens is 719 g/mol. The minimum absolute atomic E-state index is 0.0876. The van der Waals surface area contributed by atoms with E-state index in [4.69, 9.17) is 4.74 Å². The molecule has 0 saturated heterocycles. The van der Waals surface area contributed by atoms with E-state index in [-0.39, 0.29) is 24.9 Å². The highest BCUT2D eigenvalue weighted by Crippen LogP contribution is 2.19. The number of aliphatic hydroxyl groups is 2. The predicted octanol–water partition coefficient (Wildman–Crippen LogP) is 15.6. The summed E-state index contributed by atoms with van der Waals surface area (Å²) in [7, 11) is 0. The molecule has 0 spiro atoms. The van der Waals surface area contributed by atoms with Gasteiger partial charge in [-0.3, -0.25) is 9.59 Å². The van der Waals surface area contributed by atoms with Gasteiger partial charge in [0.2, 0.25) is 5.91 Å². The van der Waals surface area contributed by atoms with Crippen molar-refractivity contribution in [3.05, 3.63) is 0 Å². The van der Waals surface area contributed by atoms with E-state index in [1.807, 2.05) is 0 Å². The van der Waals surface area contributed by atoms with Crippen LogP contribution in [0.5, 0.6) is 0 Å². The summed E-state index contributed by atoms with van der Waals surface area (Å²) in [6.45, 7) is 6.50. The van der Waals surface area contributed by atoms with Crippen molar-refractivity contribution in [1.82, 2.24) is 5.32 Å². The first-order chi connectivity index (χ1) is 28.5. The highest BCUT2D eigenvalue weighted by atomic mass is 16.5. The summed E-state index contributed by atoms with van der Waals surface area (Å²) in [5.74, 6) is -0.451. The van der Waals surface area contributed by atoms with Crippen LogP contribution in [-0.2, 0) is 14.3 Å². The van der Waals surface area contributed by atoms with Crippen molar-refractivity contribution in [1.29, 1.82) is 0 Å². The van der Waals surface area contributed by atoms with Gasteiger partial charge < -0.3 is 20.3 Å². The molecule has 58 heavy (non-hydrogen) atoms. The Labute approximate surface area is 362 Å². The van der Waals surface area contributed by atoms with E-state index in [1.54, 1.807) is 0 Å². The highest BCUT2D eigenvalue weighted by Gasteiger charge is 2.24. The van der Waals surface area contributed by atoms with Crippen molar-refractivity contribution in [2.45, 2.75) is 315 Å². The zero-order valence-electron chi connectivity index (χ0n) is 39.5. The molecule has 0 aromatic rings. The fourth-order valence-electron chi connectivity index (χ4n) is 8.43. The fraction of sp³-hybridized carbons (Fsp3) is 0.962. The smallest absolute Gasteiger partial charge is 0.306 e. The summed E-state index contributed by atoms with van der Waals surface area (Å²) in [6, 6.07) is -0.691. The molecule has 3 unspecified atom stereocenters. The Morgan fingerprint density at radius 1 is 0.431 bits per heavy atom. The molecule has 1 amide bonds. The second-order valence-electron chi connectivity index (χ2n) is 18.3. The number of aliphatic hydroxyl groups excluding tert-OH is 2. The molecule has 0 bridgehead atoms. The molecule has 6 heteroatoms. The number of unbranched alkanes of at least 4 members (excludes halogenated alkanes) is 36. The number of carbonyl (C=O) groups is 2. The first kappa shape index (κ1) is 56.9. The third kappa shape index (κ3) is 41.6. The molecule has 0 radical (unpaired) electrons. The van der Waals surface area contributed by atoms with Crippen LogP contribution < -0.4 is 5.32 Å². The zero-order chi connectivity index (χ0) is 42.4. The largest absolute Gasteiger partial charge is 0.462 e. The predicted molar refractivity (Wildman–Crippen MR) is 250 cm³/mol. The number of hydrogen-bond donors (Lipinski definition) is 3. The molecule has 0 aliphatic carbocycles. The monoisotopic (exact) mass is 822 g/mol. The maximum absolute atomic E-state index is 13.2. The lowest BCUT2D eigenvalue weighted by Crippen LogP contribution is -2.46. The van der Waals surface area contributed by atoms with Crippen LogP contribution >= 0.6 is 0 Å². The van der Waals surface area contributed by atoms with Crippen molar-refractivity contribution >= 4 is 11.9 Å². The van der Waals surface area contributed by atoms with E-state index in [1.165, 1.54) is 212 Å². The second-order valence-corrected chi connectivity index (χ2v) is 18.3. The first-order valence-electron chi connectivity index (χ1n) is 26.3. The van der Waals surface area contributed by atoms with Crippen molar-refractivity contribution in [2.75, 3.05) is 6.61 Å². The van der Waals surface area contributed by atoms with Gasteiger partial charge in [0.15, 0.2) is 0 Å². The van der Waals surface area contributed by atoms with Crippen LogP contribution in [0.15, 0.2) is 0 Å². The molecule has 0 aromatic heterocycles. The van der Waals surface area contributed by atoms with E-state index >= 15 is 0 Å². The van der Waals surface area contributed by atoms with Gasteiger partial charge in [-0.1, -0.05) is 258 Å². The maximum atomic E-state index is 13.2. The minimum Gasteiger partial charge on any atom is -0.462 e. The summed E-state index contributed by atoms with van der Waals surface area (Å²) in [4.78, 5) is 26.1. The Balaban J connectivity index is 4.46. The van der Waals surface area contributed by atoms with Gasteiger partial charge in [-0.25, -0.2) is 0 Å². The molecule has 0 heterocycles. The quantitative estimate of drug-likeness (QED) is 0.0420. The minimum atomic E-state index is -0.778. The van der Waals surface area contributed by atoms with Gasteiger partial charge in [0.25, 0.3) is 0 Å². The van der Waals surface area contributed by atoms with Gasteiger partial charge in [-0.2, -0.15) is 0 Å². The van der Waals surface area contributed by atoms with E-state index < -0.39 is 18.2 Å². The number of ether oxygens (including phenoxy) is 1. The molecular formula is C52H103NO5. The maximum Gasteiger partial charge on any atom is 0.306 e. The molecule has 3 atom stereocenters. The van der Waals surface area contributed by atoms with Crippen LogP contribution in [-0.4, -0.2) is 46.9 Å². The van der Waals surface area contributed by atoms with Gasteiger partial charge >= 0.3 is 5.97 Å². The topological polar surface area (TPSA) is 95.9 Å². The lowest BCUT2D eigenvalue weighted by atomic mass is 10.0. The third-order valence-corrected chi connectivity index (χ3v) is 12.4. The molecule has 6 nitrogen and oxygen atoms in total. The molecule has 0 aromatic carbocycles. The Kier molecular flexibility index (Phi) is 46.0. The molecule has 0 aliphatic heterocycles. The summed E-state index contributed by atoms with van der Waals surface area (Å²) in [5, 5.41) is 23.7. The van der Waals surface area contributed by atoms with E-state index in [0.717, 1.165) is 38.5 Å². The van der Waals surface area contributed by atoms with Crippen LogP contribution in [0.4, 0.5) is 0 Å². The van der Waals surface area contributed by atoms with Gasteiger partial charge in [0.05, 0.1) is 25.2 Å². The van der Waals surface area contributed by atoms with Gasteiger partial charge in [0.1, 0.15) is 6.10 Å². The molecule has 346 valence electrons. The Hall–Kier alpha value is -1.14. The highest BCUT2D eigenvalue weighted by molar-refractivity contribution is 5.77. The van der Waals surface area contributed by atoms with Gasteiger partial charge in [0, 0.05) is 6.42 Å². The van der Waals surface area contributed by atoms with Gasteiger partial charge in [-0.15, -0.1) is 0 Å². The molecule has 0 saturated carbocycles. The number of carbonyl (C=O) groups excluding carboxylic acids is 2. The molecule has 3 N–H and O–H groups in total. The Bertz CT molecular complexity index is 837. The van der Waals surface area contributed by atoms with Crippen molar-refractivity contribution in [2.24, 2.45) is 0 Å². The Morgan fingerprint density at radius 2 is 0.724 bits per heavy atom. The number of amides is 1. The fourth-order valence-corrected chi connectivity index (χ4v) is 8.43. The average Bonchev–Trinajstić information content (AvgIpc) is 3.22. The van der Waals surface area contributed by atoms with Crippen LogP contribution in [0.3, 0.4) is 0 Å². The van der Waals surface area contributed by atoms with Crippen molar-refractivity contribution < 1.29 is 24.5 Å².